The highest BCUT2D eigenvalue weighted by molar-refractivity contribution is 4.86. The van der Waals surface area contributed by atoms with Gasteiger partial charge in [0, 0.05) is 30.8 Å². The summed E-state index contributed by atoms with van der Waals surface area (Å²) in [5.74, 6) is 0. The quantitative estimate of drug-likeness (QED) is 0.745. The van der Waals surface area contributed by atoms with E-state index in [0.717, 1.165) is 19.6 Å². The maximum absolute atomic E-state index is 5.35. The zero-order chi connectivity index (χ0) is 13.7. The van der Waals surface area contributed by atoms with E-state index in [9.17, 15) is 0 Å². The Hall–Kier alpha value is -0.120. The van der Waals surface area contributed by atoms with Gasteiger partial charge in [-0.05, 0) is 48.1 Å². The summed E-state index contributed by atoms with van der Waals surface area (Å²) in [7, 11) is 3.97. The van der Waals surface area contributed by atoms with E-state index in [1.807, 2.05) is 0 Å². The number of rotatable bonds is 7. The van der Waals surface area contributed by atoms with Crippen molar-refractivity contribution in [3.8, 4) is 0 Å². The first-order chi connectivity index (χ1) is 7.64. The molecule has 0 radical (unpaired) electrons. The average Bonchev–Trinajstić information content (AvgIpc) is 2.22. The number of hydrogen-bond acceptors (Lipinski definition) is 3. The van der Waals surface area contributed by atoms with E-state index >= 15 is 0 Å². The summed E-state index contributed by atoms with van der Waals surface area (Å²) >= 11 is 0. The lowest BCUT2D eigenvalue weighted by molar-refractivity contribution is 0.0390. The van der Waals surface area contributed by atoms with Gasteiger partial charge in [0.1, 0.15) is 0 Å². The van der Waals surface area contributed by atoms with E-state index in [2.05, 4.69) is 58.8 Å². The Morgan fingerprint density at radius 2 is 1.71 bits per heavy atom. The molecule has 0 aliphatic rings. The van der Waals surface area contributed by atoms with Crippen LogP contribution in [0.5, 0.6) is 0 Å². The van der Waals surface area contributed by atoms with Gasteiger partial charge in [-0.2, -0.15) is 0 Å². The van der Waals surface area contributed by atoms with Crippen molar-refractivity contribution < 1.29 is 4.74 Å². The van der Waals surface area contributed by atoms with Crippen molar-refractivity contribution in [2.45, 2.75) is 65.1 Å². The molecule has 0 bridgehead atoms. The van der Waals surface area contributed by atoms with Crippen LogP contribution in [0.15, 0.2) is 0 Å². The van der Waals surface area contributed by atoms with Gasteiger partial charge in [-0.1, -0.05) is 6.92 Å². The van der Waals surface area contributed by atoms with Crippen molar-refractivity contribution >= 4 is 0 Å². The molecule has 17 heavy (non-hydrogen) atoms. The van der Waals surface area contributed by atoms with Crippen LogP contribution in [0.1, 0.15) is 48.0 Å². The van der Waals surface area contributed by atoms with Crippen LogP contribution in [-0.2, 0) is 4.74 Å². The number of methoxy groups -OCH3 is 1. The van der Waals surface area contributed by atoms with Gasteiger partial charge in [0.05, 0.1) is 6.61 Å². The van der Waals surface area contributed by atoms with Crippen molar-refractivity contribution in [1.82, 2.24) is 10.2 Å². The molecule has 0 heterocycles. The molecule has 1 atom stereocenters. The summed E-state index contributed by atoms with van der Waals surface area (Å²) in [6.07, 6.45) is 1.14. The SMILES string of the molecule is CCC(C)(C)N(C)C(CNC(C)(C)C)COC. The second-order valence-corrected chi connectivity index (χ2v) is 6.52. The molecule has 0 aliphatic carbocycles. The first-order valence-electron chi connectivity index (χ1n) is 6.61. The standard InChI is InChI=1S/C14H32N2O/c1-9-14(5,6)16(7)12(11-17-8)10-15-13(2,3)4/h12,15H,9-11H2,1-8H3. The first kappa shape index (κ1) is 16.9. The molecule has 0 rings (SSSR count). The molecule has 0 aromatic heterocycles. The van der Waals surface area contributed by atoms with E-state index in [1.54, 1.807) is 7.11 Å². The number of hydrogen-bond donors (Lipinski definition) is 1. The fourth-order valence-corrected chi connectivity index (χ4v) is 1.67. The summed E-state index contributed by atoms with van der Waals surface area (Å²) in [4.78, 5) is 2.43. The Kier molecular flexibility index (Phi) is 6.67. The zero-order valence-corrected chi connectivity index (χ0v) is 13.1. The molecule has 3 nitrogen and oxygen atoms in total. The van der Waals surface area contributed by atoms with Crippen molar-refractivity contribution in [2.24, 2.45) is 0 Å². The van der Waals surface area contributed by atoms with Crippen LogP contribution >= 0.6 is 0 Å². The second kappa shape index (κ2) is 6.72. The molecule has 0 saturated carbocycles. The summed E-state index contributed by atoms with van der Waals surface area (Å²) in [6.45, 7) is 15.1. The third kappa shape index (κ3) is 6.39. The molecule has 0 aromatic carbocycles. The maximum Gasteiger partial charge on any atom is 0.0630 e. The minimum absolute atomic E-state index is 0.156. The van der Waals surface area contributed by atoms with Crippen LogP contribution in [-0.4, -0.2) is 49.3 Å². The van der Waals surface area contributed by atoms with Gasteiger partial charge in [0.25, 0.3) is 0 Å². The topological polar surface area (TPSA) is 24.5 Å². The maximum atomic E-state index is 5.35. The molecule has 0 aromatic rings. The van der Waals surface area contributed by atoms with Crippen LogP contribution in [0.2, 0.25) is 0 Å². The Balaban J connectivity index is 4.51. The Morgan fingerprint density at radius 3 is 2.06 bits per heavy atom. The molecule has 1 unspecified atom stereocenters. The van der Waals surface area contributed by atoms with Gasteiger partial charge in [-0.25, -0.2) is 0 Å². The monoisotopic (exact) mass is 244 g/mol. The van der Waals surface area contributed by atoms with Crippen LogP contribution in [0.25, 0.3) is 0 Å². The Bertz CT molecular complexity index is 209. The molecule has 0 saturated heterocycles. The molecule has 0 aliphatic heterocycles. The minimum Gasteiger partial charge on any atom is -0.383 e. The largest absolute Gasteiger partial charge is 0.383 e. The Labute approximate surface area is 108 Å². The summed E-state index contributed by atoms with van der Waals surface area (Å²) in [5, 5.41) is 3.56. The molecule has 104 valence electrons. The lowest BCUT2D eigenvalue weighted by atomic mass is 9.97. The minimum atomic E-state index is 0.156. The fourth-order valence-electron chi connectivity index (χ4n) is 1.67. The van der Waals surface area contributed by atoms with Crippen molar-refractivity contribution in [2.75, 3.05) is 27.3 Å². The molecule has 0 fully saturated rings. The average molecular weight is 244 g/mol. The highest BCUT2D eigenvalue weighted by Crippen LogP contribution is 2.19. The second-order valence-electron chi connectivity index (χ2n) is 6.52. The normalized spacial score (nSPS) is 15.4. The van der Waals surface area contributed by atoms with Crippen LogP contribution < -0.4 is 5.32 Å². The van der Waals surface area contributed by atoms with Crippen molar-refractivity contribution in [3.63, 3.8) is 0 Å². The number of nitrogens with zero attached hydrogens (tertiary/aromatic N) is 1. The molecule has 1 N–H and O–H groups in total. The summed E-state index contributed by atoms with van der Waals surface area (Å²) < 4.78 is 5.35. The van der Waals surface area contributed by atoms with Gasteiger partial charge >= 0.3 is 0 Å². The summed E-state index contributed by atoms with van der Waals surface area (Å²) in [6, 6.07) is 0.411. The number of likely N-dealkylation sites (N-methyl/N-ethyl adjacent to an activating group) is 1. The third-order valence-corrected chi connectivity index (χ3v) is 3.59. The predicted molar refractivity (Wildman–Crippen MR) is 75.6 cm³/mol. The van der Waals surface area contributed by atoms with Gasteiger partial charge in [0.15, 0.2) is 0 Å². The van der Waals surface area contributed by atoms with Crippen LogP contribution in [0.3, 0.4) is 0 Å². The van der Waals surface area contributed by atoms with E-state index in [1.165, 1.54) is 0 Å². The highest BCUT2D eigenvalue weighted by atomic mass is 16.5. The fraction of sp³-hybridized carbons (Fsp3) is 1.00. The number of ether oxygens (including phenoxy) is 1. The molecule has 0 amide bonds. The predicted octanol–water partition coefficient (Wildman–Crippen LogP) is 2.51. The van der Waals surface area contributed by atoms with Crippen molar-refractivity contribution in [3.05, 3.63) is 0 Å². The van der Waals surface area contributed by atoms with E-state index in [4.69, 9.17) is 4.74 Å². The van der Waals surface area contributed by atoms with Gasteiger partial charge in [0.2, 0.25) is 0 Å². The molecule has 3 heteroatoms. The lowest BCUT2D eigenvalue weighted by Gasteiger charge is -2.41. The zero-order valence-electron chi connectivity index (χ0n) is 13.1. The number of nitrogens with one attached hydrogen (secondary N) is 1. The molecular weight excluding hydrogens is 212 g/mol. The Morgan fingerprint density at radius 1 is 1.18 bits per heavy atom. The van der Waals surface area contributed by atoms with Gasteiger partial charge in [-0.3, -0.25) is 4.90 Å². The van der Waals surface area contributed by atoms with Crippen LogP contribution in [0, 0.1) is 0 Å². The lowest BCUT2D eigenvalue weighted by Crippen LogP contribution is -2.54. The van der Waals surface area contributed by atoms with E-state index in [-0.39, 0.29) is 11.1 Å². The molecular formula is C14H32N2O. The van der Waals surface area contributed by atoms with E-state index in [0.29, 0.717) is 6.04 Å². The smallest absolute Gasteiger partial charge is 0.0630 e. The van der Waals surface area contributed by atoms with Gasteiger partial charge < -0.3 is 10.1 Å². The van der Waals surface area contributed by atoms with Crippen LogP contribution in [0.4, 0.5) is 0 Å². The highest BCUT2D eigenvalue weighted by Gasteiger charge is 2.28. The molecule has 0 spiro atoms. The summed E-state index contributed by atoms with van der Waals surface area (Å²) in [5.41, 5.74) is 0.367. The van der Waals surface area contributed by atoms with Gasteiger partial charge in [-0.15, -0.1) is 0 Å². The first-order valence-corrected chi connectivity index (χ1v) is 6.61. The third-order valence-electron chi connectivity index (χ3n) is 3.59. The van der Waals surface area contributed by atoms with Crippen molar-refractivity contribution in [1.29, 1.82) is 0 Å². The van der Waals surface area contributed by atoms with E-state index < -0.39 is 0 Å².